The number of piperidine rings is 1. The number of carbonyl (C=O) groups is 1. The molecular weight excluding hydrogens is 292 g/mol. The average molecular weight is 320 g/mol. The number of hydrogen-bond acceptors (Lipinski definition) is 3. The van der Waals surface area contributed by atoms with Crippen LogP contribution in [0.25, 0.3) is 0 Å². The van der Waals surface area contributed by atoms with Crippen LogP contribution in [-0.4, -0.2) is 39.7 Å². The molecule has 1 unspecified atom stereocenters. The van der Waals surface area contributed by atoms with Gasteiger partial charge in [-0.15, -0.1) is 0 Å². The third kappa shape index (κ3) is 4.02. The van der Waals surface area contributed by atoms with Gasteiger partial charge in [-0.25, -0.2) is 0 Å². The lowest BCUT2D eigenvalue weighted by Gasteiger charge is -2.34. The van der Waals surface area contributed by atoms with Crippen molar-refractivity contribution in [3.63, 3.8) is 0 Å². The van der Waals surface area contributed by atoms with Gasteiger partial charge in [0.15, 0.2) is 0 Å². The summed E-state index contributed by atoms with van der Waals surface area (Å²) in [5, 5.41) is 9.52. The molecule has 0 aliphatic carbocycles. The first kappa shape index (κ1) is 17.7. The number of carbonyl (C=O) groups excluding carboxylic acids is 1. The van der Waals surface area contributed by atoms with E-state index in [9.17, 15) is 14.7 Å². The molecule has 1 aliphatic heterocycles. The molecule has 1 amide bonds. The largest absolute Gasteiger partial charge is 0.394 e. The summed E-state index contributed by atoms with van der Waals surface area (Å²) in [6.45, 7) is 7.23. The Morgan fingerprint density at radius 1 is 1.39 bits per heavy atom. The highest BCUT2D eigenvalue weighted by atomic mass is 16.3. The Hall–Kier alpha value is -1.62. The molecule has 0 radical (unpaired) electrons. The van der Waals surface area contributed by atoms with Gasteiger partial charge in [-0.3, -0.25) is 9.59 Å². The fourth-order valence-corrected chi connectivity index (χ4v) is 3.10. The second-order valence-electron chi connectivity index (χ2n) is 6.89. The van der Waals surface area contributed by atoms with Gasteiger partial charge in [0.1, 0.15) is 5.56 Å². The molecule has 2 heterocycles. The Kier molecular flexibility index (Phi) is 5.99. The molecule has 1 saturated heterocycles. The van der Waals surface area contributed by atoms with Crippen molar-refractivity contribution >= 4 is 5.91 Å². The van der Waals surface area contributed by atoms with E-state index in [1.165, 1.54) is 0 Å². The van der Waals surface area contributed by atoms with Gasteiger partial charge in [0.2, 0.25) is 0 Å². The number of aromatic nitrogens is 1. The quantitative estimate of drug-likeness (QED) is 0.904. The minimum Gasteiger partial charge on any atom is -0.394 e. The third-order valence-corrected chi connectivity index (χ3v) is 4.63. The van der Waals surface area contributed by atoms with Crippen LogP contribution in [-0.2, 0) is 6.54 Å². The predicted molar refractivity (Wildman–Crippen MR) is 90.7 cm³/mol. The molecule has 2 rings (SSSR count). The maximum Gasteiger partial charge on any atom is 0.263 e. The van der Waals surface area contributed by atoms with E-state index in [4.69, 9.17) is 0 Å². The number of hydrogen-bond donors (Lipinski definition) is 1. The molecule has 0 aromatic carbocycles. The van der Waals surface area contributed by atoms with Gasteiger partial charge in [0, 0.05) is 19.3 Å². The summed E-state index contributed by atoms with van der Waals surface area (Å²) in [5.41, 5.74) is 0.762. The van der Waals surface area contributed by atoms with E-state index in [0.29, 0.717) is 24.6 Å². The molecule has 0 spiro atoms. The first-order valence-corrected chi connectivity index (χ1v) is 8.57. The lowest BCUT2D eigenvalue weighted by molar-refractivity contribution is 0.0500. The van der Waals surface area contributed by atoms with E-state index in [1.54, 1.807) is 22.6 Å². The number of aryl methyl sites for hydroxylation is 2. The van der Waals surface area contributed by atoms with Gasteiger partial charge < -0.3 is 14.6 Å². The molecule has 1 N–H and O–H groups in total. The number of aliphatic hydroxyl groups excluding tert-OH is 1. The van der Waals surface area contributed by atoms with Crippen LogP contribution in [0, 0.1) is 12.8 Å². The summed E-state index contributed by atoms with van der Waals surface area (Å²) in [5.74, 6) is 0.272. The van der Waals surface area contributed by atoms with Crippen LogP contribution in [0.4, 0.5) is 0 Å². The van der Waals surface area contributed by atoms with Crippen LogP contribution in [0.3, 0.4) is 0 Å². The first-order valence-electron chi connectivity index (χ1n) is 8.57. The van der Waals surface area contributed by atoms with E-state index in [-0.39, 0.29) is 29.7 Å². The highest BCUT2D eigenvalue weighted by Gasteiger charge is 2.29. The number of aliphatic hydroxyl groups is 1. The van der Waals surface area contributed by atoms with E-state index in [2.05, 4.69) is 13.8 Å². The number of rotatable bonds is 5. The van der Waals surface area contributed by atoms with Crippen molar-refractivity contribution in [3.8, 4) is 0 Å². The van der Waals surface area contributed by atoms with Crippen LogP contribution in [0.1, 0.15) is 55.5 Å². The minimum atomic E-state index is -0.231. The third-order valence-electron chi connectivity index (χ3n) is 4.63. The van der Waals surface area contributed by atoms with E-state index in [1.807, 2.05) is 6.07 Å². The Bertz CT molecular complexity index is 607. The van der Waals surface area contributed by atoms with Crippen molar-refractivity contribution in [1.82, 2.24) is 9.47 Å². The van der Waals surface area contributed by atoms with Crippen molar-refractivity contribution in [2.24, 2.45) is 5.92 Å². The Balaban J connectivity index is 2.32. The van der Waals surface area contributed by atoms with Crippen LogP contribution in [0.5, 0.6) is 0 Å². The Morgan fingerprint density at radius 3 is 2.78 bits per heavy atom. The van der Waals surface area contributed by atoms with Gasteiger partial charge in [-0.1, -0.05) is 13.8 Å². The van der Waals surface area contributed by atoms with Crippen LogP contribution >= 0.6 is 0 Å². The highest BCUT2D eigenvalue weighted by molar-refractivity contribution is 5.95. The molecule has 1 aliphatic rings. The van der Waals surface area contributed by atoms with E-state index < -0.39 is 0 Å². The molecule has 5 nitrogen and oxygen atoms in total. The van der Waals surface area contributed by atoms with Gasteiger partial charge in [-0.05, 0) is 50.2 Å². The second-order valence-corrected chi connectivity index (χ2v) is 6.89. The summed E-state index contributed by atoms with van der Waals surface area (Å²) in [6, 6.07) is 1.67. The maximum absolute atomic E-state index is 12.9. The molecule has 1 aromatic rings. The topological polar surface area (TPSA) is 62.5 Å². The van der Waals surface area contributed by atoms with E-state index >= 15 is 0 Å². The minimum absolute atomic E-state index is 0.0425. The number of nitrogens with zero attached hydrogens (tertiary/aromatic N) is 2. The van der Waals surface area contributed by atoms with Crippen molar-refractivity contribution in [2.75, 3.05) is 13.2 Å². The number of likely N-dealkylation sites (tertiary alicyclic amines) is 1. The molecule has 0 saturated carbocycles. The van der Waals surface area contributed by atoms with Crippen molar-refractivity contribution in [2.45, 2.75) is 59.0 Å². The zero-order valence-electron chi connectivity index (χ0n) is 14.4. The van der Waals surface area contributed by atoms with Crippen LogP contribution < -0.4 is 5.56 Å². The zero-order chi connectivity index (χ0) is 17.0. The summed E-state index contributed by atoms with van der Waals surface area (Å²) < 4.78 is 1.64. The fourth-order valence-electron chi connectivity index (χ4n) is 3.10. The molecule has 1 atom stereocenters. The van der Waals surface area contributed by atoms with Crippen molar-refractivity contribution in [3.05, 3.63) is 33.7 Å². The molecule has 128 valence electrons. The van der Waals surface area contributed by atoms with Crippen molar-refractivity contribution < 1.29 is 9.90 Å². The predicted octanol–water partition coefficient (Wildman–Crippen LogP) is 2.19. The smallest absolute Gasteiger partial charge is 0.263 e. The lowest BCUT2D eigenvalue weighted by Crippen LogP contribution is -2.47. The summed E-state index contributed by atoms with van der Waals surface area (Å²) in [7, 11) is 0. The van der Waals surface area contributed by atoms with Gasteiger partial charge in [0.05, 0.1) is 12.6 Å². The zero-order valence-corrected chi connectivity index (χ0v) is 14.4. The molecule has 0 bridgehead atoms. The first-order chi connectivity index (χ1) is 11.0. The molecule has 1 aromatic heterocycles. The molecule has 1 fully saturated rings. The lowest BCUT2D eigenvalue weighted by atomic mass is 10.0. The summed E-state index contributed by atoms with van der Waals surface area (Å²) >= 11 is 0. The average Bonchev–Trinajstić information content (AvgIpc) is 2.53. The fraction of sp³-hybridized carbons (Fsp3) is 0.667. The van der Waals surface area contributed by atoms with Gasteiger partial charge >= 0.3 is 0 Å². The monoisotopic (exact) mass is 320 g/mol. The van der Waals surface area contributed by atoms with Crippen LogP contribution in [0.2, 0.25) is 0 Å². The maximum atomic E-state index is 12.9. The summed E-state index contributed by atoms with van der Waals surface area (Å²) in [6.07, 6.45) is 5.42. The Labute approximate surface area is 137 Å². The number of amides is 1. The number of pyridine rings is 1. The van der Waals surface area contributed by atoms with Crippen molar-refractivity contribution in [1.29, 1.82) is 0 Å². The SMILES string of the molecule is Cc1ccn(CCC(C)C)c(=O)c1C(=O)N1CCCCC1CO. The highest BCUT2D eigenvalue weighted by Crippen LogP contribution is 2.19. The summed E-state index contributed by atoms with van der Waals surface area (Å²) in [4.78, 5) is 27.3. The molecule has 5 heteroatoms. The standard InChI is InChI=1S/C18H28N2O3/c1-13(2)7-10-19-11-8-14(3)16(17(19)22)18(23)20-9-5-4-6-15(20)12-21/h8,11,13,15,21H,4-7,9-10,12H2,1-3H3. The normalized spacial score (nSPS) is 18.5. The second kappa shape index (κ2) is 7.77. The van der Waals surface area contributed by atoms with Crippen LogP contribution in [0.15, 0.2) is 17.1 Å². The molecular formula is C18H28N2O3. The van der Waals surface area contributed by atoms with Gasteiger partial charge in [-0.2, -0.15) is 0 Å². The molecule has 23 heavy (non-hydrogen) atoms. The Morgan fingerprint density at radius 2 is 2.13 bits per heavy atom. The van der Waals surface area contributed by atoms with E-state index in [0.717, 1.165) is 25.7 Å². The van der Waals surface area contributed by atoms with Gasteiger partial charge in [0.25, 0.3) is 11.5 Å².